The predicted molar refractivity (Wildman–Crippen MR) is 72.4 cm³/mol. The van der Waals surface area contributed by atoms with Crippen LogP contribution in [0.25, 0.3) is 0 Å². The molecule has 6 nitrogen and oxygen atoms in total. The molecule has 0 aliphatic carbocycles. The maximum atomic E-state index is 11.4. The van der Waals surface area contributed by atoms with Crippen molar-refractivity contribution >= 4 is 34.9 Å². The predicted octanol–water partition coefficient (Wildman–Crippen LogP) is 3.72. The van der Waals surface area contributed by atoms with Crippen LogP contribution in [0.1, 0.15) is 24.2 Å². The quantitative estimate of drug-likeness (QED) is 0.483. The van der Waals surface area contributed by atoms with Crippen molar-refractivity contribution in [1.29, 1.82) is 0 Å². The Labute approximate surface area is 120 Å². The molecule has 1 aromatic carbocycles. The van der Waals surface area contributed by atoms with Crippen LogP contribution in [-0.2, 0) is 4.74 Å². The summed E-state index contributed by atoms with van der Waals surface area (Å²) in [6.45, 7) is 4.00. The highest BCUT2D eigenvalue weighted by molar-refractivity contribution is 6.38. The number of nitro benzene ring substituents is 1. The van der Waals surface area contributed by atoms with Crippen molar-refractivity contribution in [2.75, 3.05) is 14.2 Å². The number of hydrogen-bond donors (Lipinski definition) is 0. The van der Waals surface area contributed by atoms with Crippen LogP contribution in [0.3, 0.4) is 0 Å². The van der Waals surface area contributed by atoms with Crippen molar-refractivity contribution in [2.45, 2.75) is 13.8 Å². The van der Waals surface area contributed by atoms with E-state index in [0.717, 1.165) is 7.11 Å². The monoisotopic (exact) mass is 309 g/mol. The number of rotatable bonds is 3. The van der Waals surface area contributed by atoms with Crippen LogP contribution in [-0.4, -0.2) is 25.1 Å². The zero-order chi connectivity index (χ0) is 15.2. The Morgan fingerprint density at radius 3 is 2.16 bits per heavy atom. The van der Waals surface area contributed by atoms with Crippen LogP contribution >= 0.6 is 23.2 Å². The molecule has 0 unspecified atom stereocenters. The minimum absolute atomic E-state index is 0.0585. The van der Waals surface area contributed by atoms with Gasteiger partial charge in [-0.05, 0) is 6.07 Å². The highest BCUT2D eigenvalue weighted by atomic mass is 35.5. The number of esters is 1. The topological polar surface area (TPSA) is 78.7 Å². The van der Waals surface area contributed by atoms with Gasteiger partial charge in [0.1, 0.15) is 0 Å². The van der Waals surface area contributed by atoms with E-state index in [4.69, 9.17) is 27.9 Å². The van der Waals surface area contributed by atoms with Gasteiger partial charge in [0, 0.05) is 0 Å². The Hall–Kier alpha value is -1.53. The molecule has 0 heterocycles. The maximum absolute atomic E-state index is 11.4. The molecular formula is C11H13Cl2NO5. The van der Waals surface area contributed by atoms with E-state index in [0.29, 0.717) is 0 Å². The molecule has 106 valence electrons. The first kappa shape index (κ1) is 17.5. The zero-order valence-electron chi connectivity index (χ0n) is 10.8. The maximum Gasteiger partial charge on any atom is 0.346 e. The average molecular weight is 310 g/mol. The minimum atomic E-state index is -0.934. The van der Waals surface area contributed by atoms with E-state index in [1.807, 2.05) is 13.8 Å². The second kappa shape index (κ2) is 7.81. The molecule has 0 saturated carbocycles. The number of carbonyl (C=O) groups is 1. The molecule has 1 aromatic rings. The van der Waals surface area contributed by atoms with E-state index < -0.39 is 16.6 Å². The third-order valence-corrected chi connectivity index (χ3v) is 2.52. The van der Waals surface area contributed by atoms with Gasteiger partial charge in [0.2, 0.25) is 5.75 Å². The molecule has 0 aromatic heterocycles. The summed E-state index contributed by atoms with van der Waals surface area (Å²) >= 11 is 11.5. The van der Waals surface area contributed by atoms with Crippen molar-refractivity contribution in [2.24, 2.45) is 0 Å². The van der Waals surface area contributed by atoms with E-state index in [2.05, 4.69) is 4.74 Å². The summed E-state index contributed by atoms with van der Waals surface area (Å²) in [5.74, 6) is -1.17. The van der Waals surface area contributed by atoms with Gasteiger partial charge in [0.05, 0.1) is 29.2 Å². The first-order chi connectivity index (χ1) is 8.93. The van der Waals surface area contributed by atoms with Gasteiger partial charge in [0.25, 0.3) is 0 Å². The van der Waals surface area contributed by atoms with E-state index >= 15 is 0 Å². The molecule has 19 heavy (non-hydrogen) atoms. The highest BCUT2D eigenvalue weighted by Crippen LogP contribution is 2.41. The standard InChI is InChI=1S/C9H7Cl2NO5.C2H6/c1-16-8-5(11)3-4(10)6(9(13)17-2)7(8)12(14)15;1-2/h3H,1-2H3;1-2H3. The smallest absolute Gasteiger partial charge is 0.346 e. The average Bonchev–Trinajstić information content (AvgIpc) is 2.39. The molecule has 0 atom stereocenters. The molecule has 0 saturated heterocycles. The van der Waals surface area contributed by atoms with Crippen LogP contribution in [0.2, 0.25) is 10.0 Å². The number of benzene rings is 1. The number of nitrogens with zero attached hydrogens (tertiary/aromatic N) is 1. The minimum Gasteiger partial charge on any atom is -0.489 e. The fourth-order valence-corrected chi connectivity index (χ4v) is 1.86. The third-order valence-electron chi connectivity index (χ3n) is 1.94. The molecule has 0 amide bonds. The Bertz CT molecular complexity index is 490. The third kappa shape index (κ3) is 3.71. The van der Waals surface area contributed by atoms with E-state index in [1.165, 1.54) is 13.2 Å². The summed E-state index contributed by atoms with van der Waals surface area (Å²) in [5.41, 5.74) is -1.00. The van der Waals surface area contributed by atoms with Gasteiger partial charge in [-0.15, -0.1) is 0 Å². The first-order valence-corrected chi connectivity index (χ1v) is 5.98. The lowest BCUT2D eigenvalue weighted by molar-refractivity contribution is -0.386. The van der Waals surface area contributed by atoms with Crippen molar-refractivity contribution < 1.29 is 19.2 Å². The van der Waals surface area contributed by atoms with Gasteiger partial charge in [-0.2, -0.15) is 0 Å². The van der Waals surface area contributed by atoms with Crippen LogP contribution in [0.4, 0.5) is 5.69 Å². The Morgan fingerprint density at radius 2 is 1.79 bits per heavy atom. The molecule has 0 aliphatic heterocycles. The van der Waals surface area contributed by atoms with Crippen molar-refractivity contribution in [3.05, 3.63) is 31.8 Å². The Morgan fingerprint density at radius 1 is 1.26 bits per heavy atom. The number of ether oxygens (including phenoxy) is 2. The molecule has 0 aliphatic rings. The van der Waals surface area contributed by atoms with Crippen LogP contribution < -0.4 is 4.74 Å². The fourth-order valence-electron chi connectivity index (χ4n) is 1.25. The summed E-state index contributed by atoms with van der Waals surface area (Å²) in [6, 6.07) is 1.18. The molecule has 0 N–H and O–H groups in total. The lowest BCUT2D eigenvalue weighted by Gasteiger charge is -2.09. The van der Waals surface area contributed by atoms with Crippen LogP contribution in [0.5, 0.6) is 5.75 Å². The summed E-state index contributed by atoms with van der Waals surface area (Å²) in [7, 11) is 2.28. The van der Waals surface area contributed by atoms with Crippen molar-refractivity contribution in [3.8, 4) is 5.75 Å². The highest BCUT2D eigenvalue weighted by Gasteiger charge is 2.31. The Balaban J connectivity index is 0.00000154. The second-order valence-corrected chi connectivity index (χ2v) is 3.66. The first-order valence-electron chi connectivity index (χ1n) is 5.22. The van der Waals surface area contributed by atoms with Crippen molar-refractivity contribution in [3.63, 3.8) is 0 Å². The SMILES string of the molecule is CC.COC(=O)c1c(Cl)cc(Cl)c(OC)c1[N+](=O)[O-]. The summed E-state index contributed by atoms with van der Waals surface area (Å²) in [6.07, 6.45) is 0. The molecule has 0 spiro atoms. The fraction of sp³-hybridized carbons (Fsp3) is 0.364. The van der Waals surface area contributed by atoms with Gasteiger partial charge >= 0.3 is 11.7 Å². The molecular weight excluding hydrogens is 297 g/mol. The molecule has 8 heteroatoms. The lowest BCUT2D eigenvalue weighted by Crippen LogP contribution is -2.08. The van der Waals surface area contributed by atoms with E-state index in [-0.39, 0.29) is 21.4 Å². The summed E-state index contributed by atoms with van der Waals surface area (Å²) in [4.78, 5) is 21.6. The summed E-state index contributed by atoms with van der Waals surface area (Å²) < 4.78 is 9.21. The van der Waals surface area contributed by atoms with Gasteiger partial charge in [-0.25, -0.2) is 4.79 Å². The second-order valence-electron chi connectivity index (χ2n) is 2.85. The zero-order valence-corrected chi connectivity index (χ0v) is 12.3. The molecule has 0 radical (unpaired) electrons. The van der Waals surface area contributed by atoms with Crippen LogP contribution in [0, 0.1) is 10.1 Å². The van der Waals surface area contributed by atoms with Crippen LogP contribution in [0.15, 0.2) is 6.07 Å². The normalized spacial score (nSPS) is 9.16. The van der Waals surface area contributed by atoms with Gasteiger partial charge in [0.15, 0.2) is 5.56 Å². The number of halogens is 2. The molecule has 0 bridgehead atoms. The van der Waals surface area contributed by atoms with Crippen molar-refractivity contribution in [1.82, 2.24) is 0 Å². The largest absolute Gasteiger partial charge is 0.489 e. The number of methoxy groups -OCH3 is 2. The van der Waals surface area contributed by atoms with E-state index in [1.54, 1.807) is 0 Å². The number of carbonyl (C=O) groups excluding carboxylic acids is 1. The molecule has 0 fully saturated rings. The van der Waals surface area contributed by atoms with Gasteiger partial charge < -0.3 is 9.47 Å². The van der Waals surface area contributed by atoms with E-state index in [9.17, 15) is 14.9 Å². The molecule has 1 rings (SSSR count). The summed E-state index contributed by atoms with van der Waals surface area (Å²) in [5, 5.41) is 10.7. The number of nitro groups is 1. The lowest BCUT2D eigenvalue weighted by atomic mass is 10.1. The van der Waals surface area contributed by atoms with Gasteiger partial charge in [-0.3, -0.25) is 10.1 Å². The Kier molecular flexibility index (Phi) is 7.18. The number of hydrogen-bond acceptors (Lipinski definition) is 5. The van der Waals surface area contributed by atoms with Gasteiger partial charge in [-0.1, -0.05) is 37.0 Å².